The molecule has 0 aromatic heterocycles. The highest BCUT2D eigenvalue weighted by molar-refractivity contribution is 5.28. The van der Waals surface area contributed by atoms with E-state index in [1.54, 1.807) is 12.1 Å². The lowest BCUT2D eigenvalue weighted by Gasteiger charge is -2.09. The maximum absolute atomic E-state index is 11.8. The zero-order valence-electron chi connectivity index (χ0n) is 8.95. The fourth-order valence-electron chi connectivity index (χ4n) is 1.27. The summed E-state index contributed by atoms with van der Waals surface area (Å²) in [5, 5.41) is 9.54. The van der Waals surface area contributed by atoms with Gasteiger partial charge in [0.15, 0.2) is 0 Å². The van der Waals surface area contributed by atoms with Gasteiger partial charge in [-0.3, -0.25) is 4.39 Å². The van der Waals surface area contributed by atoms with E-state index in [0.717, 1.165) is 11.3 Å². The number of rotatable bonds is 6. The number of hydrogen-bond acceptors (Lipinski definition) is 2. The van der Waals surface area contributed by atoms with Crippen LogP contribution in [0.3, 0.4) is 0 Å². The molecule has 1 rings (SSSR count). The summed E-state index contributed by atoms with van der Waals surface area (Å²) in [5.74, 6) is 0.718. The number of aliphatic hydroxyl groups excluding tert-OH is 1. The number of ether oxygens (including phenoxy) is 1. The third kappa shape index (κ3) is 3.88. The average Bonchev–Trinajstić information content (AvgIpc) is 2.29. The van der Waals surface area contributed by atoms with Crippen LogP contribution in [0, 0.1) is 0 Å². The third-order valence-corrected chi connectivity index (χ3v) is 2.20. The first-order chi connectivity index (χ1) is 7.27. The van der Waals surface area contributed by atoms with Crippen LogP contribution in [0.1, 0.15) is 31.4 Å². The smallest absolute Gasteiger partial charge is 0.119 e. The second-order valence-electron chi connectivity index (χ2n) is 3.38. The van der Waals surface area contributed by atoms with Gasteiger partial charge in [0, 0.05) is 6.42 Å². The molecule has 1 N–H and O–H groups in total. The summed E-state index contributed by atoms with van der Waals surface area (Å²) in [6.07, 6.45) is 0.700. The molecule has 0 saturated carbocycles. The van der Waals surface area contributed by atoms with E-state index in [4.69, 9.17) is 4.74 Å². The maximum atomic E-state index is 11.8. The number of alkyl halides is 1. The minimum Gasteiger partial charge on any atom is -0.494 e. The highest BCUT2D eigenvalue weighted by atomic mass is 19.1. The van der Waals surface area contributed by atoms with Crippen LogP contribution < -0.4 is 4.74 Å². The molecule has 0 fully saturated rings. The Kier molecular flexibility index (Phi) is 5.12. The molecule has 15 heavy (non-hydrogen) atoms. The van der Waals surface area contributed by atoms with Gasteiger partial charge in [-0.25, -0.2) is 0 Å². The molecule has 0 aliphatic carbocycles. The Morgan fingerprint density at radius 1 is 1.33 bits per heavy atom. The molecular weight excluding hydrogens is 195 g/mol. The lowest BCUT2D eigenvalue weighted by atomic mass is 10.1. The van der Waals surface area contributed by atoms with Gasteiger partial charge in [0.1, 0.15) is 5.75 Å². The largest absolute Gasteiger partial charge is 0.494 e. The maximum Gasteiger partial charge on any atom is 0.119 e. The molecule has 2 nitrogen and oxygen atoms in total. The molecule has 0 heterocycles. The molecule has 0 saturated heterocycles. The molecule has 0 aliphatic heterocycles. The standard InChI is InChI=1S/C12H17FO2/c1-2-12(14)10-4-6-11(7-5-10)15-9-3-8-13/h4-7,12,14H,2-3,8-9H2,1H3. The Morgan fingerprint density at radius 2 is 2.00 bits per heavy atom. The van der Waals surface area contributed by atoms with E-state index in [0.29, 0.717) is 19.4 Å². The summed E-state index contributed by atoms with van der Waals surface area (Å²) in [7, 11) is 0. The first-order valence-electron chi connectivity index (χ1n) is 5.24. The molecule has 0 amide bonds. The summed E-state index contributed by atoms with van der Waals surface area (Å²) in [5.41, 5.74) is 0.885. The van der Waals surface area contributed by atoms with Crippen LogP contribution in [0.15, 0.2) is 24.3 Å². The first kappa shape index (κ1) is 12.0. The van der Waals surface area contributed by atoms with E-state index >= 15 is 0 Å². The molecule has 0 radical (unpaired) electrons. The van der Waals surface area contributed by atoms with E-state index in [-0.39, 0.29) is 6.67 Å². The Balaban J connectivity index is 2.49. The second-order valence-corrected chi connectivity index (χ2v) is 3.38. The van der Waals surface area contributed by atoms with Crippen molar-refractivity contribution in [3.05, 3.63) is 29.8 Å². The van der Waals surface area contributed by atoms with Gasteiger partial charge in [-0.1, -0.05) is 19.1 Å². The van der Waals surface area contributed by atoms with Crippen LogP contribution in [0.25, 0.3) is 0 Å². The summed E-state index contributed by atoms with van der Waals surface area (Å²) in [6.45, 7) is 1.97. The second kappa shape index (κ2) is 6.40. The highest BCUT2D eigenvalue weighted by Gasteiger charge is 2.03. The van der Waals surface area contributed by atoms with Crippen molar-refractivity contribution in [1.82, 2.24) is 0 Å². The molecule has 1 aromatic carbocycles. The summed E-state index contributed by atoms with van der Waals surface area (Å²) in [4.78, 5) is 0. The monoisotopic (exact) mass is 212 g/mol. The van der Waals surface area contributed by atoms with Gasteiger partial charge in [0.2, 0.25) is 0 Å². The van der Waals surface area contributed by atoms with E-state index < -0.39 is 6.10 Å². The minimum absolute atomic E-state index is 0.355. The molecule has 1 atom stereocenters. The SMILES string of the molecule is CCC(O)c1ccc(OCCCF)cc1. The van der Waals surface area contributed by atoms with Crippen molar-refractivity contribution >= 4 is 0 Å². The van der Waals surface area contributed by atoms with E-state index in [9.17, 15) is 9.50 Å². The molecule has 0 spiro atoms. The molecule has 84 valence electrons. The normalized spacial score (nSPS) is 12.5. The number of hydrogen-bond donors (Lipinski definition) is 1. The topological polar surface area (TPSA) is 29.5 Å². The average molecular weight is 212 g/mol. The van der Waals surface area contributed by atoms with Crippen molar-refractivity contribution < 1.29 is 14.2 Å². The van der Waals surface area contributed by atoms with Crippen molar-refractivity contribution in [3.8, 4) is 5.75 Å². The Morgan fingerprint density at radius 3 is 2.53 bits per heavy atom. The van der Waals surface area contributed by atoms with Crippen molar-refractivity contribution in [1.29, 1.82) is 0 Å². The predicted molar refractivity (Wildman–Crippen MR) is 57.8 cm³/mol. The summed E-state index contributed by atoms with van der Waals surface area (Å²) < 4.78 is 17.1. The Labute approximate surface area is 89.7 Å². The van der Waals surface area contributed by atoms with Crippen LogP contribution in [0.2, 0.25) is 0 Å². The molecular formula is C12H17FO2. The zero-order chi connectivity index (χ0) is 11.1. The predicted octanol–water partition coefficient (Wildman–Crippen LogP) is 2.87. The van der Waals surface area contributed by atoms with Gasteiger partial charge in [-0.15, -0.1) is 0 Å². The number of halogens is 1. The number of aliphatic hydroxyl groups is 1. The minimum atomic E-state index is -0.412. The Hall–Kier alpha value is -1.09. The third-order valence-electron chi connectivity index (χ3n) is 2.20. The van der Waals surface area contributed by atoms with Gasteiger partial charge in [0.25, 0.3) is 0 Å². The van der Waals surface area contributed by atoms with Crippen LogP contribution in [-0.2, 0) is 0 Å². The molecule has 3 heteroatoms. The first-order valence-corrected chi connectivity index (χ1v) is 5.24. The van der Waals surface area contributed by atoms with Gasteiger partial charge in [-0.2, -0.15) is 0 Å². The lowest BCUT2D eigenvalue weighted by molar-refractivity contribution is 0.173. The summed E-state index contributed by atoms with van der Waals surface area (Å²) in [6, 6.07) is 7.26. The van der Waals surface area contributed by atoms with E-state index in [1.165, 1.54) is 0 Å². The quantitative estimate of drug-likeness (QED) is 0.735. The number of benzene rings is 1. The lowest BCUT2D eigenvalue weighted by Crippen LogP contribution is -1.99. The van der Waals surface area contributed by atoms with Crippen molar-refractivity contribution in [2.24, 2.45) is 0 Å². The molecule has 0 bridgehead atoms. The van der Waals surface area contributed by atoms with E-state index in [2.05, 4.69) is 0 Å². The van der Waals surface area contributed by atoms with E-state index in [1.807, 2.05) is 19.1 Å². The molecule has 1 aromatic rings. The van der Waals surface area contributed by atoms with Crippen molar-refractivity contribution in [2.75, 3.05) is 13.3 Å². The van der Waals surface area contributed by atoms with Crippen molar-refractivity contribution in [2.45, 2.75) is 25.9 Å². The zero-order valence-corrected chi connectivity index (χ0v) is 8.95. The van der Waals surface area contributed by atoms with Crippen LogP contribution in [0.5, 0.6) is 5.75 Å². The fraction of sp³-hybridized carbons (Fsp3) is 0.500. The highest BCUT2D eigenvalue weighted by Crippen LogP contribution is 2.19. The van der Waals surface area contributed by atoms with Gasteiger partial charge in [0.05, 0.1) is 19.4 Å². The van der Waals surface area contributed by atoms with Crippen LogP contribution in [0.4, 0.5) is 4.39 Å². The molecule has 0 aliphatic rings. The van der Waals surface area contributed by atoms with Gasteiger partial charge < -0.3 is 9.84 Å². The molecule has 1 unspecified atom stereocenters. The van der Waals surface area contributed by atoms with Gasteiger partial charge in [-0.05, 0) is 24.1 Å². The van der Waals surface area contributed by atoms with Crippen LogP contribution >= 0.6 is 0 Å². The van der Waals surface area contributed by atoms with Crippen molar-refractivity contribution in [3.63, 3.8) is 0 Å². The fourth-order valence-corrected chi connectivity index (χ4v) is 1.27. The van der Waals surface area contributed by atoms with Gasteiger partial charge >= 0.3 is 0 Å². The van der Waals surface area contributed by atoms with Crippen LogP contribution in [-0.4, -0.2) is 18.4 Å². The summed E-state index contributed by atoms with van der Waals surface area (Å²) >= 11 is 0. The Bertz CT molecular complexity index is 271.